The van der Waals surface area contributed by atoms with Gasteiger partial charge < -0.3 is 0 Å². The number of hydrogen-bond donors (Lipinski definition) is 0. The molecule has 0 aromatic rings. The lowest BCUT2D eigenvalue weighted by atomic mass is 10.0. The SMILES string of the molecule is C.CC.CC.CC.CC.CC(C)(C)N1CC1.CC(C)(C)N1CCC1.CC(C)(C)N1CCCC1.CC(C)(C)N1CCCCC1. The first-order valence-corrected chi connectivity index (χ1v) is 18.4. The summed E-state index contributed by atoms with van der Waals surface area (Å²) >= 11 is 0. The van der Waals surface area contributed by atoms with Gasteiger partial charge in [0.05, 0.1) is 0 Å². The van der Waals surface area contributed by atoms with E-state index in [9.17, 15) is 0 Å². The van der Waals surface area contributed by atoms with Crippen LogP contribution in [0.25, 0.3) is 0 Å². The Morgan fingerprint density at radius 2 is 0.419 bits per heavy atom. The molecule has 0 amide bonds. The first-order chi connectivity index (χ1) is 19.4. The number of hydrogen-bond acceptors (Lipinski definition) is 4. The van der Waals surface area contributed by atoms with Gasteiger partial charge in [0.1, 0.15) is 0 Å². The molecule has 0 aromatic heterocycles. The minimum Gasteiger partial charge on any atom is -0.298 e. The van der Waals surface area contributed by atoms with Crippen LogP contribution in [0.4, 0.5) is 0 Å². The molecule has 0 spiro atoms. The Kier molecular flexibility index (Phi) is 34.2. The van der Waals surface area contributed by atoms with Crippen LogP contribution in [-0.4, -0.2) is 94.1 Å². The Labute approximate surface area is 278 Å². The smallest absolute Gasteiger partial charge is 0.0126 e. The molecule has 4 saturated heterocycles. The second-order valence-electron chi connectivity index (χ2n) is 14.8. The molecular formula is C39H92N4. The minimum atomic E-state index is 0. The molecule has 4 heteroatoms. The Morgan fingerprint density at radius 3 is 0.512 bits per heavy atom. The third kappa shape index (κ3) is 29.0. The van der Waals surface area contributed by atoms with Crippen LogP contribution in [0.3, 0.4) is 0 Å². The third-order valence-corrected chi connectivity index (χ3v) is 7.56. The zero-order chi connectivity index (χ0) is 34.2. The van der Waals surface area contributed by atoms with Crippen LogP contribution in [-0.2, 0) is 0 Å². The molecule has 268 valence electrons. The Hall–Kier alpha value is -0.160. The summed E-state index contributed by atoms with van der Waals surface area (Å²) in [5.74, 6) is 0. The fraction of sp³-hybridized carbons (Fsp3) is 1.00. The molecule has 4 heterocycles. The Bertz CT molecular complexity index is 526. The van der Waals surface area contributed by atoms with Crippen molar-refractivity contribution in [1.82, 2.24) is 19.6 Å². The van der Waals surface area contributed by atoms with Crippen LogP contribution in [0, 0.1) is 0 Å². The van der Waals surface area contributed by atoms with Gasteiger partial charge in [0.2, 0.25) is 0 Å². The molecule has 0 N–H and O–H groups in total. The molecule has 0 aromatic carbocycles. The number of likely N-dealkylation sites (tertiary alicyclic amines) is 3. The monoisotopic (exact) mass is 617 g/mol. The van der Waals surface area contributed by atoms with Gasteiger partial charge in [-0.1, -0.05) is 69.2 Å². The summed E-state index contributed by atoms with van der Waals surface area (Å²) in [7, 11) is 0. The first kappa shape index (κ1) is 52.4. The lowest BCUT2D eigenvalue weighted by Gasteiger charge is -2.42. The highest BCUT2D eigenvalue weighted by atomic mass is 15.3. The largest absolute Gasteiger partial charge is 0.298 e. The number of piperidine rings is 1. The van der Waals surface area contributed by atoms with E-state index < -0.39 is 0 Å². The zero-order valence-electron chi connectivity index (χ0n) is 33.7. The fourth-order valence-electron chi connectivity index (χ4n) is 4.66. The molecule has 4 aliphatic heterocycles. The quantitative estimate of drug-likeness (QED) is 0.251. The topological polar surface area (TPSA) is 12.7 Å². The highest BCUT2D eigenvalue weighted by molar-refractivity contribution is 4.86. The molecule has 0 unspecified atom stereocenters. The van der Waals surface area contributed by atoms with E-state index in [1.165, 1.54) is 90.9 Å². The van der Waals surface area contributed by atoms with Crippen LogP contribution >= 0.6 is 0 Å². The fourth-order valence-corrected chi connectivity index (χ4v) is 4.66. The van der Waals surface area contributed by atoms with Gasteiger partial charge in [-0.3, -0.25) is 19.6 Å². The average molecular weight is 617 g/mol. The molecule has 43 heavy (non-hydrogen) atoms. The van der Waals surface area contributed by atoms with Crippen molar-refractivity contribution in [2.75, 3.05) is 52.4 Å². The molecule has 4 fully saturated rings. The van der Waals surface area contributed by atoms with Crippen LogP contribution < -0.4 is 0 Å². The summed E-state index contributed by atoms with van der Waals surface area (Å²) in [5.41, 5.74) is 1.69. The predicted octanol–water partition coefficient (Wildman–Crippen LogP) is 11.5. The summed E-state index contributed by atoms with van der Waals surface area (Å²) in [6, 6.07) is 0. The standard InChI is InChI=1S/C9H19N.C8H17N.C7H15N.C6H13N.4C2H6.CH4/c1-9(2,3)10-7-5-4-6-8-10;1-8(2,3)9-6-4-5-7-9;1-7(2,3)8-5-4-6-8;1-6(2,3)7-4-5-7;4*1-2;/h4-8H2,1-3H3;4-7H2,1-3H3;4-6H2,1-3H3;4-5H2,1-3H3;4*1-2H3;1H4. The minimum absolute atomic E-state index is 0. The molecule has 0 atom stereocenters. The summed E-state index contributed by atoms with van der Waals surface area (Å²) in [4.78, 5) is 10.1. The van der Waals surface area contributed by atoms with E-state index >= 15 is 0 Å². The Balaban J connectivity index is -0.000000138. The molecule has 0 bridgehead atoms. The van der Waals surface area contributed by atoms with Gasteiger partial charge in [0, 0.05) is 35.2 Å². The normalized spacial score (nSPS) is 18.7. The van der Waals surface area contributed by atoms with Gasteiger partial charge in [0.15, 0.2) is 0 Å². The third-order valence-electron chi connectivity index (χ3n) is 7.56. The molecule has 4 aliphatic rings. The highest BCUT2D eigenvalue weighted by Crippen LogP contribution is 2.21. The van der Waals surface area contributed by atoms with E-state index in [-0.39, 0.29) is 7.43 Å². The van der Waals surface area contributed by atoms with Crippen molar-refractivity contribution in [2.45, 2.75) is 207 Å². The molecule has 4 nitrogen and oxygen atoms in total. The van der Waals surface area contributed by atoms with Crippen molar-refractivity contribution >= 4 is 0 Å². The maximum atomic E-state index is 2.58. The maximum absolute atomic E-state index is 2.58. The Morgan fingerprint density at radius 1 is 0.256 bits per heavy atom. The van der Waals surface area contributed by atoms with Gasteiger partial charge >= 0.3 is 0 Å². The number of nitrogens with zero attached hydrogens (tertiary/aromatic N) is 4. The summed E-state index contributed by atoms with van der Waals surface area (Å²) in [6.07, 6.45) is 8.44. The van der Waals surface area contributed by atoms with E-state index in [4.69, 9.17) is 0 Å². The molecule has 0 radical (unpaired) electrons. The van der Waals surface area contributed by atoms with Crippen LogP contribution in [0.5, 0.6) is 0 Å². The van der Waals surface area contributed by atoms with E-state index in [0.717, 1.165) is 0 Å². The lowest BCUT2D eigenvalue weighted by molar-refractivity contribution is 0.0690. The van der Waals surface area contributed by atoms with Crippen molar-refractivity contribution < 1.29 is 0 Å². The number of rotatable bonds is 0. The van der Waals surface area contributed by atoms with E-state index in [1.807, 2.05) is 55.4 Å². The van der Waals surface area contributed by atoms with Crippen LogP contribution in [0.1, 0.15) is 184 Å². The van der Waals surface area contributed by atoms with Gasteiger partial charge in [-0.2, -0.15) is 0 Å². The summed E-state index contributed by atoms with van der Waals surface area (Å²) < 4.78 is 0. The van der Waals surface area contributed by atoms with Crippen LogP contribution in [0.15, 0.2) is 0 Å². The van der Waals surface area contributed by atoms with Gasteiger partial charge in [-0.25, -0.2) is 0 Å². The maximum Gasteiger partial charge on any atom is 0.0126 e. The van der Waals surface area contributed by atoms with E-state index in [1.54, 1.807) is 0 Å². The van der Waals surface area contributed by atoms with E-state index in [0.29, 0.717) is 22.2 Å². The zero-order valence-corrected chi connectivity index (χ0v) is 33.7. The molecule has 0 saturated carbocycles. The van der Waals surface area contributed by atoms with Crippen molar-refractivity contribution in [3.05, 3.63) is 0 Å². The van der Waals surface area contributed by atoms with E-state index in [2.05, 4.69) is 103 Å². The predicted molar refractivity (Wildman–Crippen MR) is 205 cm³/mol. The second-order valence-corrected chi connectivity index (χ2v) is 14.8. The van der Waals surface area contributed by atoms with Crippen molar-refractivity contribution in [3.8, 4) is 0 Å². The van der Waals surface area contributed by atoms with Crippen molar-refractivity contribution in [3.63, 3.8) is 0 Å². The average Bonchev–Trinajstić information content (AvgIpc) is 3.62. The van der Waals surface area contributed by atoms with Gasteiger partial charge in [0.25, 0.3) is 0 Å². The first-order valence-electron chi connectivity index (χ1n) is 18.4. The summed E-state index contributed by atoms with van der Waals surface area (Å²) in [5, 5.41) is 0. The summed E-state index contributed by atoms with van der Waals surface area (Å²) in [6.45, 7) is 53.8. The lowest BCUT2D eigenvalue weighted by Crippen LogP contribution is -2.49. The van der Waals surface area contributed by atoms with Crippen molar-refractivity contribution in [1.29, 1.82) is 0 Å². The van der Waals surface area contributed by atoms with Gasteiger partial charge in [-0.15, -0.1) is 0 Å². The van der Waals surface area contributed by atoms with Crippen LogP contribution in [0.2, 0.25) is 0 Å². The molecular weight excluding hydrogens is 524 g/mol. The second kappa shape index (κ2) is 28.1. The molecule has 4 rings (SSSR count). The van der Waals surface area contributed by atoms with Crippen molar-refractivity contribution in [2.24, 2.45) is 0 Å². The highest BCUT2D eigenvalue weighted by Gasteiger charge is 2.29. The molecule has 0 aliphatic carbocycles. The van der Waals surface area contributed by atoms with Gasteiger partial charge in [-0.05, 0) is 154 Å².